The maximum atomic E-state index is 13.8. The van der Waals surface area contributed by atoms with Crippen LogP contribution in [0.1, 0.15) is 12.5 Å². The first-order valence-corrected chi connectivity index (χ1v) is 6.79. The van der Waals surface area contributed by atoms with E-state index in [0.717, 1.165) is 0 Å². The second-order valence-corrected chi connectivity index (χ2v) is 5.53. The molecule has 0 fully saturated rings. The summed E-state index contributed by atoms with van der Waals surface area (Å²) in [5.74, 6) is -0.658. The van der Waals surface area contributed by atoms with E-state index in [1.165, 1.54) is 32.2 Å². The largest absolute Gasteiger partial charge is 0.494 e. The molecule has 1 aromatic carbocycles. The summed E-state index contributed by atoms with van der Waals surface area (Å²) < 4.78 is 45.0. The van der Waals surface area contributed by atoms with Gasteiger partial charge in [0.25, 0.3) is 0 Å². The fourth-order valence-electron chi connectivity index (χ4n) is 1.45. The Morgan fingerprint density at radius 3 is 2.61 bits per heavy atom. The molecule has 1 rings (SSSR count). The highest BCUT2D eigenvalue weighted by atomic mass is 32.2. The average Bonchev–Trinajstić information content (AvgIpc) is 2.31. The molecule has 0 spiro atoms. The molecule has 0 saturated heterocycles. The van der Waals surface area contributed by atoms with E-state index in [9.17, 15) is 12.8 Å². The number of methoxy groups -OCH3 is 1. The van der Waals surface area contributed by atoms with Crippen LogP contribution in [-0.2, 0) is 10.0 Å². The van der Waals surface area contributed by atoms with Gasteiger partial charge in [-0.1, -0.05) is 6.08 Å². The lowest BCUT2D eigenvalue weighted by molar-refractivity contribution is 0.384. The molecule has 0 saturated carbocycles. The monoisotopic (exact) mass is 273 g/mol. The minimum Gasteiger partial charge on any atom is -0.494 e. The Hall–Kier alpha value is -1.40. The van der Waals surface area contributed by atoms with Crippen molar-refractivity contribution in [3.05, 3.63) is 36.2 Å². The van der Waals surface area contributed by atoms with Crippen LogP contribution in [0, 0.1) is 12.7 Å². The van der Waals surface area contributed by atoms with Crippen LogP contribution in [0.2, 0.25) is 0 Å². The van der Waals surface area contributed by atoms with Crippen molar-refractivity contribution in [2.24, 2.45) is 0 Å². The van der Waals surface area contributed by atoms with Crippen LogP contribution >= 0.6 is 0 Å². The number of ether oxygens (including phenoxy) is 1. The van der Waals surface area contributed by atoms with Crippen LogP contribution in [0.15, 0.2) is 29.7 Å². The molecule has 0 aliphatic heterocycles. The predicted octanol–water partition coefficient (Wildman–Crippen LogP) is 2.00. The maximum absolute atomic E-state index is 13.8. The number of sulfonamides is 1. The van der Waals surface area contributed by atoms with Crippen LogP contribution in [0.4, 0.5) is 4.39 Å². The van der Waals surface area contributed by atoms with E-state index in [1.54, 1.807) is 6.92 Å². The molecule has 1 atom stereocenters. The zero-order valence-corrected chi connectivity index (χ0v) is 11.3. The van der Waals surface area contributed by atoms with Crippen LogP contribution in [0.5, 0.6) is 5.75 Å². The van der Waals surface area contributed by atoms with Gasteiger partial charge in [-0.25, -0.2) is 17.5 Å². The molecule has 0 aliphatic carbocycles. The van der Waals surface area contributed by atoms with Crippen molar-refractivity contribution in [3.8, 4) is 5.75 Å². The van der Waals surface area contributed by atoms with Crippen LogP contribution < -0.4 is 9.46 Å². The summed E-state index contributed by atoms with van der Waals surface area (Å²) >= 11 is 0. The molecule has 0 heterocycles. The van der Waals surface area contributed by atoms with Gasteiger partial charge in [0.1, 0.15) is 0 Å². The Labute approximate surface area is 107 Å². The van der Waals surface area contributed by atoms with E-state index in [4.69, 9.17) is 4.74 Å². The highest BCUT2D eigenvalue weighted by Crippen LogP contribution is 2.25. The summed E-state index contributed by atoms with van der Waals surface area (Å²) in [7, 11) is -2.44. The number of hydrogen-bond acceptors (Lipinski definition) is 3. The van der Waals surface area contributed by atoms with E-state index in [2.05, 4.69) is 11.3 Å². The van der Waals surface area contributed by atoms with Gasteiger partial charge in [-0.15, -0.1) is 6.58 Å². The van der Waals surface area contributed by atoms with E-state index in [0.29, 0.717) is 0 Å². The van der Waals surface area contributed by atoms with Gasteiger partial charge in [-0.2, -0.15) is 0 Å². The zero-order valence-electron chi connectivity index (χ0n) is 10.5. The fourth-order valence-corrected chi connectivity index (χ4v) is 2.90. The molecule has 1 aromatic rings. The third-order valence-electron chi connectivity index (χ3n) is 2.51. The lowest BCUT2D eigenvalue weighted by Crippen LogP contribution is -2.31. The Morgan fingerprint density at radius 1 is 1.50 bits per heavy atom. The predicted molar refractivity (Wildman–Crippen MR) is 67.7 cm³/mol. The number of nitrogens with one attached hydrogen (secondary N) is 1. The normalized spacial score (nSPS) is 13.1. The second kappa shape index (κ2) is 5.49. The standard InChI is InChI=1S/C12H16FNO3S/c1-5-8(2)14-18(15,16)11-7-6-10(17-4)12(13)9(11)3/h5-8,14H,1H2,2-4H3/t8-/m1/s1. The molecule has 6 heteroatoms. The molecule has 100 valence electrons. The molecular weight excluding hydrogens is 257 g/mol. The zero-order chi connectivity index (χ0) is 13.9. The number of benzene rings is 1. The lowest BCUT2D eigenvalue weighted by atomic mass is 10.2. The van der Waals surface area contributed by atoms with E-state index >= 15 is 0 Å². The van der Waals surface area contributed by atoms with Crippen molar-refractivity contribution in [3.63, 3.8) is 0 Å². The van der Waals surface area contributed by atoms with Gasteiger partial charge in [0.05, 0.1) is 12.0 Å². The molecule has 0 bridgehead atoms. The maximum Gasteiger partial charge on any atom is 0.241 e. The van der Waals surface area contributed by atoms with Gasteiger partial charge < -0.3 is 4.74 Å². The molecule has 4 nitrogen and oxygen atoms in total. The molecule has 0 radical (unpaired) electrons. The average molecular weight is 273 g/mol. The van der Waals surface area contributed by atoms with Crippen molar-refractivity contribution in [1.82, 2.24) is 4.72 Å². The smallest absolute Gasteiger partial charge is 0.241 e. The van der Waals surface area contributed by atoms with Crippen molar-refractivity contribution in [2.75, 3.05) is 7.11 Å². The third-order valence-corrected chi connectivity index (χ3v) is 4.21. The third kappa shape index (κ3) is 2.88. The van der Waals surface area contributed by atoms with Gasteiger partial charge in [-0.3, -0.25) is 0 Å². The number of rotatable bonds is 5. The Morgan fingerprint density at radius 2 is 2.11 bits per heavy atom. The van der Waals surface area contributed by atoms with Crippen molar-refractivity contribution < 1.29 is 17.5 Å². The molecule has 0 unspecified atom stereocenters. The van der Waals surface area contributed by atoms with Gasteiger partial charge >= 0.3 is 0 Å². The minimum absolute atomic E-state index is 0.0169. The van der Waals surface area contributed by atoms with E-state index in [-0.39, 0.29) is 16.2 Å². The van der Waals surface area contributed by atoms with Crippen LogP contribution in [0.25, 0.3) is 0 Å². The van der Waals surface area contributed by atoms with Gasteiger partial charge in [0.2, 0.25) is 10.0 Å². The molecule has 1 N–H and O–H groups in total. The first-order valence-electron chi connectivity index (χ1n) is 5.31. The fraction of sp³-hybridized carbons (Fsp3) is 0.333. The Balaban J connectivity index is 3.26. The summed E-state index contributed by atoms with van der Waals surface area (Å²) in [5, 5.41) is 0. The van der Waals surface area contributed by atoms with Crippen molar-refractivity contribution >= 4 is 10.0 Å². The van der Waals surface area contributed by atoms with Gasteiger partial charge in [-0.05, 0) is 26.0 Å². The minimum atomic E-state index is -3.77. The summed E-state index contributed by atoms with van der Waals surface area (Å²) in [4.78, 5) is -0.102. The summed E-state index contributed by atoms with van der Waals surface area (Å²) in [6.07, 6.45) is 1.45. The summed E-state index contributed by atoms with van der Waals surface area (Å²) in [5.41, 5.74) is 0.0260. The van der Waals surface area contributed by atoms with Crippen LogP contribution in [0.3, 0.4) is 0 Å². The van der Waals surface area contributed by atoms with Crippen molar-refractivity contribution in [1.29, 1.82) is 0 Å². The number of hydrogen-bond donors (Lipinski definition) is 1. The molecule has 0 amide bonds. The van der Waals surface area contributed by atoms with Gasteiger partial charge in [0, 0.05) is 11.6 Å². The van der Waals surface area contributed by atoms with Crippen molar-refractivity contribution in [2.45, 2.75) is 24.8 Å². The van der Waals surface area contributed by atoms with E-state index < -0.39 is 21.9 Å². The topological polar surface area (TPSA) is 55.4 Å². The lowest BCUT2D eigenvalue weighted by Gasteiger charge is -2.13. The van der Waals surface area contributed by atoms with E-state index in [1.807, 2.05) is 0 Å². The molecular formula is C12H16FNO3S. The second-order valence-electron chi connectivity index (χ2n) is 3.85. The molecule has 0 aliphatic rings. The quantitative estimate of drug-likeness (QED) is 0.835. The SMILES string of the molecule is C=C[C@@H](C)NS(=O)(=O)c1ccc(OC)c(F)c1C. The highest BCUT2D eigenvalue weighted by Gasteiger charge is 2.22. The Bertz CT molecular complexity index is 555. The summed E-state index contributed by atoms with van der Waals surface area (Å²) in [6.45, 7) is 6.52. The molecule has 18 heavy (non-hydrogen) atoms. The molecule has 0 aromatic heterocycles. The first-order chi connectivity index (χ1) is 8.33. The summed E-state index contributed by atoms with van der Waals surface area (Å²) in [6, 6.07) is 2.17. The first kappa shape index (κ1) is 14.7. The Kier molecular flexibility index (Phi) is 4.48. The van der Waals surface area contributed by atoms with Gasteiger partial charge in [0.15, 0.2) is 11.6 Å². The highest BCUT2D eigenvalue weighted by molar-refractivity contribution is 7.89. The number of halogens is 1. The van der Waals surface area contributed by atoms with Crippen LogP contribution in [-0.4, -0.2) is 21.6 Å².